The fourth-order valence-corrected chi connectivity index (χ4v) is 7.65. The van der Waals surface area contributed by atoms with Crippen LogP contribution in [-0.2, 0) is 4.79 Å². The number of rotatable bonds is 11. The van der Waals surface area contributed by atoms with Crippen LogP contribution in [-0.4, -0.2) is 98.1 Å². The van der Waals surface area contributed by atoms with Crippen LogP contribution in [0.3, 0.4) is 0 Å². The van der Waals surface area contributed by atoms with Crippen LogP contribution in [0.5, 0.6) is 5.75 Å². The predicted octanol–water partition coefficient (Wildman–Crippen LogP) is 5.12. The minimum atomic E-state index is -0.250. The van der Waals surface area contributed by atoms with E-state index >= 15 is 0 Å². The first-order valence-electron chi connectivity index (χ1n) is 17.5. The van der Waals surface area contributed by atoms with E-state index in [0.717, 1.165) is 23.1 Å². The van der Waals surface area contributed by atoms with E-state index in [1.807, 2.05) is 38.2 Å². The van der Waals surface area contributed by atoms with E-state index in [4.69, 9.17) is 9.72 Å². The Balaban J connectivity index is 1.02. The lowest BCUT2D eigenvalue weighted by Gasteiger charge is -2.42. The maximum absolute atomic E-state index is 13.2. The summed E-state index contributed by atoms with van der Waals surface area (Å²) in [6.07, 6.45) is 8.38. The standard InChI is InChI=1S/C36H53N7O3/c1-6-30-36(45)40(4)31-15-16-33(39-34(31)43(30)24(2)3)38-29-14-11-27(21-32(29)46-5)35(44)37-22-25-9-12-28(13-10-25)42-19-17-41(18-20-42)23-26-7-8-26/h11,14-16,21,24-26,28,30H,6-10,12-13,17-20,22-23H2,1-5H3,(H,37,44)(H,38,39)/t25?,28?,30-/m1/s1. The number of methoxy groups -OCH3 is 1. The zero-order valence-electron chi connectivity index (χ0n) is 28.4. The molecule has 10 heteroatoms. The maximum Gasteiger partial charge on any atom is 0.251 e. The van der Waals surface area contributed by atoms with Gasteiger partial charge < -0.3 is 30.1 Å². The van der Waals surface area contributed by atoms with Gasteiger partial charge in [-0.2, -0.15) is 0 Å². The predicted molar refractivity (Wildman–Crippen MR) is 184 cm³/mol. The van der Waals surface area contributed by atoms with Gasteiger partial charge in [-0.1, -0.05) is 6.92 Å². The summed E-state index contributed by atoms with van der Waals surface area (Å²) in [7, 11) is 3.42. The molecule has 0 radical (unpaired) electrons. The molecule has 0 spiro atoms. The van der Waals surface area contributed by atoms with Gasteiger partial charge in [0, 0.05) is 64.0 Å². The third kappa shape index (κ3) is 7.13. The molecule has 2 aromatic rings. The first-order chi connectivity index (χ1) is 22.2. The minimum absolute atomic E-state index is 0.0726. The zero-order valence-corrected chi connectivity index (χ0v) is 28.4. The number of ether oxygens (including phenoxy) is 1. The molecule has 1 saturated heterocycles. The lowest BCUT2D eigenvalue weighted by molar-refractivity contribution is -0.120. The molecule has 10 nitrogen and oxygen atoms in total. The van der Waals surface area contributed by atoms with E-state index < -0.39 is 0 Å². The van der Waals surface area contributed by atoms with Gasteiger partial charge in [-0.3, -0.25) is 14.5 Å². The van der Waals surface area contributed by atoms with Crippen molar-refractivity contribution in [2.75, 3.05) is 68.5 Å². The van der Waals surface area contributed by atoms with E-state index in [1.54, 1.807) is 18.1 Å². The Morgan fingerprint density at radius 2 is 1.72 bits per heavy atom. The van der Waals surface area contributed by atoms with Crippen molar-refractivity contribution >= 4 is 34.8 Å². The Morgan fingerprint density at radius 1 is 1.00 bits per heavy atom. The number of piperazine rings is 1. The number of carbonyl (C=O) groups excluding carboxylic acids is 2. The second-order valence-corrected chi connectivity index (χ2v) is 14.1. The van der Waals surface area contributed by atoms with Crippen LogP contribution in [0.4, 0.5) is 23.0 Å². The van der Waals surface area contributed by atoms with Crippen LogP contribution in [0.1, 0.15) is 76.1 Å². The highest BCUT2D eigenvalue weighted by atomic mass is 16.5. The molecule has 3 fully saturated rings. The lowest BCUT2D eigenvalue weighted by Crippen LogP contribution is -2.54. The lowest BCUT2D eigenvalue weighted by atomic mass is 9.85. The van der Waals surface area contributed by atoms with Crippen LogP contribution < -0.4 is 25.2 Å². The van der Waals surface area contributed by atoms with Crippen LogP contribution in [0, 0.1) is 11.8 Å². The number of hydrogen-bond donors (Lipinski definition) is 2. The second kappa shape index (κ2) is 14.2. The Morgan fingerprint density at radius 3 is 2.37 bits per heavy atom. The highest BCUT2D eigenvalue weighted by Crippen LogP contribution is 2.38. The first kappa shape index (κ1) is 32.6. The molecular weight excluding hydrogens is 578 g/mol. The van der Waals surface area contributed by atoms with Gasteiger partial charge in [0.15, 0.2) is 5.82 Å². The summed E-state index contributed by atoms with van der Waals surface area (Å²) in [6.45, 7) is 13.1. The van der Waals surface area contributed by atoms with Crippen LogP contribution in [0.25, 0.3) is 0 Å². The number of nitrogens with one attached hydrogen (secondary N) is 2. The highest BCUT2D eigenvalue weighted by molar-refractivity contribution is 6.04. The molecule has 46 heavy (non-hydrogen) atoms. The molecule has 3 heterocycles. The summed E-state index contributed by atoms with van der Waals surface area (Å²) in [5, 5.41) is 6.58. The van der Waals surface area contributed by atoms with Crippen molar-refractivity contribution in [2.45, 2.75) is 83.8 Å². The fraction of sp³-hybridized carbons (Fsp3) is 0.639. The summed E-state index contributed by atoms with van der Waals surface area (Å²) >= 11 is 0. The Hall–Kier alpha value is -3.37. The minimum Gasteiger partial charge on any atom is -0.495 e. The molecule has 2 saturated carbocycles. The Labute approximate surface area is 274 Å². The van der Waals surface area contributed by atoms with E-state index in [-0.39, 0.29) is 23.9 Å². The van der Waals surface area contributed by atoms with Gasteiger partial charge >= 0.3 is 0 Å². The summed E-state index contributed by atoms with van der Waals surface area (Å²) in [5.41, 5.74) is 2.10. The number of anilines is 4. The Bertz CT molecular complexity index is 1380. The number of benzene rings is 1. The number of carbonyl (C=O) groups is 2. The molecule has 2 N–H and O–H groups in total. The van der Waals surface area contributed by atoms with Crippen molar-refractivity contribution in [3.8, 4) is 5.75 Å². The van der Waals surface area contributed by atoms with Gasteiger partial charge in [0.25, 0.3) is 5.91 Å². The summed E-state index contributed by atoms with van der Waals surface area (Å²) in [6, 6.07) is 9.86. The van der Waals surface area contributed by atoms with Crippen molar-refractivity contribution in [2.24, 2.45) is 11.8 Å². The van der Waals surface area contributed by atoms with Crippen LogP contribution in [0.15, 0.2) is 30.3 Å². The SMILES string of the molecule is CC[C@@H]1C(=O)N(C)c2ccc(Nc3ccc(C(=O)NCC4CCC(N5CCN(CC6CC6)CC5)CC4)cc3OC)nc2N1C(C)C. The van der Waals surface area contributed by atoms with E-state index in [2.05, 4.69) is 39.2 Å². The average molecular weight is 632 g/mol. The van der Waals surface area contributed by atoms with E-state index in [0.29, 0.717) is 42.1 Å². The highest BCUT2D eigenvalue weighted by Gasteiger charge is 2.38. The number of likely N-dealkylation sites (N-methyl/N-ethyl adjacent to an activating group) is 1. The van der Waals surface area contributed by atoms with Crippen molar-refractivity contribution in [3.05, 3.63) is 35.9 Å². The second-order valence-electron chi connectivity index (χ2n) is 14.1. The maximum atomic E-state index is 13.2. The largest absolute Gasteiger partial charge is 0.495 e. The normalized spacial score (nSPS) is 24.2. The van der Waals surface area contributed by atoms with Gasteiger partial charge in [0.1, 0.15) is 17.6 Å². The smallest absolute Gasteiger partial charge is 0.251 e. The molecule has 0 bridgehead atoms. The number of hydrogen-bond acceptors (Lipinski definition) is 8. The molecule has 2 aliphatic carbocycles. The van der Waals surface area contributed by atoms with Crippen molar-refractivity contribution in [1.82, 2.24) is 20.1 Å². The quantitative estimate of drug-likeness (QED) is 0.353. The van der Waals surface area contributed by atoms with E-state index in [1.165, 1.54) is 71.2 Å². The van der Waals surface area contributed by atoms with E-state index in [9.17, 15) is 9.59 Å². The fourth-order valence-electron chi connectivity index (χ4n) is 7.65. The number of aromatic nitrogens is 1. The van der Waals surface area contributed by atoms with Gasteiger partial charge in [0.05, 0.1) is 18.5 Å². The first-order valence-corrected chi connectivity index (χ1v) is 17.5. The third-order valence-electron chi connectivity index (χ3n) is 10.6. The van der Waals surface area contributed by atoms with Gasteiger partial charge in [-0.05, 0) is 101 Å². The molecule has 1 aromatic heterocycles. The molecule has 1 atom stereocenters. The molecular formula is C36H53N7O3. The van der Waals surface area contributed by atoms with Gasteiger partial charge in [0.2, 0.25) is 5.91 Å². The van der Waals surface area contributed by atoms with Crippen molar-refractivity contribution < 1.29 is 14.3 Å². The van der Waals surface area contributed by atoms with Gasteiger partial charge in [-0.25, -0.2) is 4.98 Å². The Kier molecular flexibility index (Phi) is 10.0. The molecule has 6 rings (SSSR count). The number of fused-ring (bicyclic) bond motifs is 1. The summed E-state index contributed by atoms with van der Waals surface area (Å²) in [5.74, 6) is 3.52. The zero-order chi connectivity index (χ0) is 32.4. The molecule has 1 aromatic carbocycles. The van der Waals surface area contributed by atoms with Crippen molar-refractivity contribution in [3.63, 3.8) is 0 Å². The van der Waals surface area contributed by atoms with Crippen LogP contribution >= 0.6 is 0 Å². The molecule has 2 aliphatic heterocycles. The third-order valence-corrected chi connectivity index (χ3v) is 10.6. The molecule has 4 aliphatic rings. The van der Waals surface area contributed by atoms with Crippen molar-refractivity contribution in [1.29, 1.82) is 0 Å². The molecule has 2 amide bonds. The number of pyridine rings is 1. The monoisotopic (exact) mass is 631 g/mol. The average Bonchev–Trinajstić information content (AvgIpc) is 3.89. The summed E-state index contributed by atoms with van der Waals surface area (Å²) in [4.78, 5) is 40.3. The van der Waals surface area contributed by atoms with Crippen LogP contribution in [0.2, 0.25) is 0 Å². The summed E-state index contributed by atoms with van der Waals surface area (Å²) < 4.78 is 5.70. The van der Waals surface area contributed by atoms with Gasteiger partial charge in [-0.15, -0.1) is 0 Å². The number of nitrogens with zero attached hydrogens (tertiary/aromatic N) is 5. The number of amides is 2. The molecule has 250 valence electrons. The molecule has 0 unspecified atom stereocenters. The topological polar surface area (TPSA) is 93.3 Å².